The molecule has 1 aliphatic rings. The number of urea groups is 1. The lowest BCUT2D eigenvalue weighted by atomic mass is 9.95. The number of carbonyl (C=O) groups excluding carboxylic acids is 3. The molecule has 2 aromatic rings. The van der Waals surface area contributed by atoms with Crippen molar-refractivity contribution in [1.29, 1.82) is 0 Å². The maximum absolute atomic E-state index is 12.7. The van der Waals surface area contributed by atoms with Crippen LogP contribution in [0.5, 0.6) is 11.5 Å². The molecule has 1 atom stereocenters. The number of hydrogen-bond donors (Lipinski definition) is 2. The van der Waals surface area contributed by atoms with E-state index in [1.165, 1.54) is 20.3 Å². The molecule has 32 heavy (non-hydrogen) atoms. The Labute approximate surface area is 185 Å². The fourth-order valence-electron chi connectivity index (χ4n) is 3.27. The van der Waals surface area contributed by atoms with Gasteiger partial charge < -0.3 is 29.6 Å². The van der Waals surface area contributed by atoms with Crippen LogP contribution >= 0.6 is 0 Å². The Morgan fingerprint density at radius 2 is 1.72 bits per heavy atom. The van der Waals surface area contributed by atoms with E-state index in [0.717, 1.165) is 0 Å². The van der Waals surface area contributed by atoms with Crippen LogP contribution in [0.4, 0.5) is 4.79 Å². The summed E-state index contributed by atoms with van der Waals surface area (Å²) >= 11 is 0. The molecule has 0 radical (unpaired) electrons. The Balaban J connectivity index is 1.93. The summed E-state index contributed by atoms with van der Waals surface area (Å²) in [6.07, 6.45) is 0. The van der Waals surface area contributed by atoms with Crippen molar-refractivity contribution >= 4 is 18.0 Å². The summed E-state index contributed by atoms with van der Waals surface area (Å²) < 4.78 is 21.0. The van der Waals surface area contributed by atoms with Crippen molar-refractivity contribution in [2.75, 3.05) is 27.4 Å². The summed E-state index contributed by atoms with van der Waals surface area (Å²) in [6, 6.07) is 12.4. The number of nitrogens with one attached hydrogen (secondary N) is 2. The van der Waals surface area contributed by atoms with Gasteiger partial charge in [-0.05, 0) is 30.7 Å². The first kappa shape index (κ1) is 22.7. The lowest BCUT2D eigenvalue weighted by Crippen LogP contribution is -2.47. The minimum atomic E-state index is -0.760. The van der Waals surface area contributed by atoms with Gasteiger partial charge in [0.1, 0.15) is 23.7 Å². The normalized spacial score (nSPS) is 15.3. The second-order valence-corrected chi connectivity index (χ2v) is 6.70. The number of methoxy groups -OCH3 is 2. The highest BCUT2D eigenvalue weighted by Crippen LogP contribution is 2.29. The van der Waals surface area contributed by atoms with Crippen LogP contribution in [0.3, 0.4) is 0 Å². The highest BCUT2D eigenvalue weighted by atomic mass is 16.5. The topological polar surface area (TPSA) is 112 Å². The van der Waals surface area contributed by atoms with Crippen LogP contribution in [0.15, 0.2) is 59.8 Å². The third kappa shape index (κ3) is 5.00. The molecule has 3 rings (SSSR count). The van der Waals surface area contributed by atoms with Gasteiger partial charge in [0.15, 0.2) is 0 Å². The van der Waals surface area contributed by atoms with Crippen molar-refractivity contribution in [2.45, 2.75) is 13.0 Å². The van der Waals surface area contributed by atoms with E-state index < -0.39 is 24.0 Å². The van der Waals surface area contributed by atoms with Crippen molar-refractivity contribution in [3.05, 3.63) is 70.9 Å². The lowest BCUT2D eigenvalue weighted by molar-refractivity contribution is -0.139. The van der Waals surface area contributed by atoms with Crippen LogP contribution < -0.4 is 20.1 Å². The predicted molar refractivity (Wildman–Crippen MR) is 114 cm³/mol. The summed E-state index contributed by atoms with van der Waals surface area (Å²) in [7, 11) is 2.90. The Morgan fingerprint density at radius 3 is 2.38 bits per heavy atom. The number of carbonyl (C=O) groups is 3. The van der Waals surface area contributed by atoms with Crippen molar-refractivity contribution < 1.29 is 33.3 Å². The van der Waals surface area contributed by atoms with E-state index in [-0.39, 0.29) is 30.0 Å². The number of hydrogen-bond acceptors (Lipinski definition) is 7. The largest absolute Gasteiger partial charge is 0.497 e. The van der Waals surface area contributed by atoms with Gasteiger partial charge in [-0.1, -0.05) is 30.3 Å². The second-order valence-electron chi connectivity index (χ2n) is 6.70. The minimum absolute atomic E-state index is 0.135. The van der Waals surface area contributed by atoms with E-state index >= 15 is 0 Å². The molecule has 0 fully saturated rings. The first-order valence-corrected chi connectivity index (χ1v) is 9.90. The van der Waals surface area contributed by atoms with Crippen LogP contribution in [-0.2, 0) is 14.3 Å². The Kier molecular flexibility index (Phi) is 7.33. The number of rotatable bonds is 8. The van der Waals surface area contributed by atoms with Crippen molar-refractivity contribution in [3.63, 3.8) is 0 Å². The average molecular weight is 440 g/mol. The van der Waals surface area contributed by atoms with E-state index in [9.17, 15) is 14.4 Å². The van der Waals surface area contributed by atoms with Gasteiger partial charge in [-0.25, -0.2) is 14.4 Å². The monoisotopic (exact) mass is 440 g/mol. The zero-order chi connectivity index (χ0) is 23.1. The maximum Gasteiger partial charge on any atom is 0.342 e. The first-order valence-electron chi connectivity index (χ1n) is 9.90. The number of esters is 2. The molecule has 1 unspecified atom stereocenters. The van der Waals surface area contributed by atoms with Gasteiger partial charge in [-0.3, -0.25) is 0 Å². The van der Waals surface area contributed by atoms with Crippen LogP contribution in [0.25, 0.3) is 0 Å². The van der Waals surface area contributed by atoms with Gasteiger partial charge in [0, 0.05) is 0 Å². The Morgan fingerprint density at radius 1 is 0.969 bits per heavy atom. The van der Waals surface area contributed by atoms with E-state index in [0.29, 0.717) is 17.1 Å². The molecule has 0 aliphatic carbocycles. The third-order valence-electron chi connectivity index (χ3n) is 4.76. The highest BCUT2D eigenvalue weighted by Gasteiger charge is 2.34. The number of ether oxygens (including phenoxy) is 4. The third-order valence-corrected chi connectivity index (χ3v) is 4.76. The fraction of sp³-hybridized carbons (Fsp3) is 0.261. The zero-order valence-corrected chi connectivity index (χ0v) is 18.0. The van der Waals surface area contributed by atoms with Crippen molar-refractivity contribution in [2.24, 2.45) is 0 Å². The predicted octanol–water partition coefficient (Wildman–Crippen LogP) is 2.73. The Bertz CT molecular complexity index is 1030. The van der Waals surface area contributed by atoms with Crippen LogP contribution in [0.2, 0.25) is 0 Å². The van der Waals surface area contributed by atoms with E-state index in [4.69, 9.17) is 18.9 Å². The maximum atomic E-state index is 12.7. The molecule has 0 aromatic heterocycles. The molecule has 9 heteroatoms. The molecule has 2 N–H and O–H groups in total. The summed E-state index contributed by atoms with van der Waals surface area (Å²) in [5, 5.41) is 5.28. The van der Waals surface area contributed by atoms with Gasteiger partial charge in [0.2, 0.25) is 0 Å². The summed E-state index contributed by atoms with van der Waals surface area (Å²) in [4.78, 5) is 37.8. The molecule has 168 valence electrons. The fourth-order valence-corrected chi connectivity index (χ4v) is 3.27. The standard InChI is InChI=1S/C23H24N2O7/c1-4-31-22(27)19-17(24-23(28)25-20(19)14-8-6-5-7-9-14)13-32-21(26)16-12-15(29-2)10-11-18(16)30-3/h5-12,20H,4,13H2,1-3H3,(H2,24,25,28). The van der Waals surface area contributed by atoms with E-state index in [2.05, 4.69) is 10.6 Å². The number of amides is 2. The summed E-state index contributed by atoms with van der Waals surface area (Å²) in [5.74, 6) is -0.588. The van der Waals surface area contributed by atoms with Crippen molar-refractivity contribution in [1.82, 2.24) is 10.6 Å². The molecule has 2 amide bonds. The van der Waals surface area contributed by atoms with Gasteiger partial charge in [0.25, 0.3) is 0 Å². The molecular formula is C23H24N2O7. The SMILES string of the molecule is CCOC(=O)C1=C(COC(=O)c2cc(OC)ccc2OC)NC(=O)NC1c1ccccc1. The molecule has 0 saturated heterocycles. The molecule has 9 nitrogen and oxygen atoms in total. The van der Waals surface area contributed by atoms with Gasteiger partial charge >= 0.3 is 18.0 Å². The highest BCUT2D eigenvalue weighted by molar-refractivity contribution is 5.96. The quantitative estimate of drug-likeness (QED) is 0.607. The minimum Gasteiger partial charge on any atom is -0.497 e. The number of benzene rings is 2. The van der Waals surface area contributed by atoms with Crippen LogP contribution in [0.1, 0.15) is 28.9 Å². The average Bonchev–Trinajstić information content (AvgIpc) is 2.82. The molecule has 1 aliphatic heterocycles. The van der Waals surface area contributed by atoms with E-state index in [1.54, 1.807) is 43.3 Å². The Hall–Kier alpha value is -4.01. The second kappa shape index (κ2) is 10.3. The zero-order valence-electron chi connectivity index (χ0n) is 18.0. The molecule has 1 heterocycles. The van der Waals surface area contributed by atoms with Gasteiger partial charge in [0.05, 0.1) is 38.1 Å². The van der Waals surface area contributed by atoms with Crippen LogP contribution in [-0.4, -0.2) is 45.4 Å². The lowest BCUT2D eigenvalue weighted by Gasteiger charge is -2.29. The summed E-state index contributed by atoms with van der Waals surface area (Å²) in [5.41, 5.74) is 1.12. The smallest absolute Gasteiger partial charge is 0.342 e. The molecule has 0 spiro atoms. The molecule has 0 bridgehead atoms. The van der Waals surface area contributed by atoms with Gasteiger partial charge in [-0.2, -0.15) is 0 Å². The molecular weight excluding hydrogens is 416 g/mol. The first-order chi connectivity index (χ1) is 15.5. The molecule has 0 saturated carbocycles. The van der Waals surface area contributed by atoms with Crippen molar-refractivity contribution in [3.8, 4) is 11.5 Å². The summed E-state index contributed by atoms with van der Waals surface area (Å²) in [6.45, 7) is 1.47. The van der Waals surface area contributed by atoms with Crippen LogP contribution in [0, 0.1) is 0 Å². The van der Waals surface area contributed by atoms with Gasteiger partial charge in [-0.15, -0.1) is 0 Å². The molecule has 2 aromatic carbocycles. The van der Waals surface area contributed by atoms with E-state index in [1.807, 2.05) is 6.07 Å².